The SMILES string of the molecule is CCC(=O)OC(C[N+](C)(C)C)C(OC(=O)CN)C(=O)[O-]. The summed E-state index contributed by atoms with van der Waals surface area (Å²) in [6.45, 7) is 1.25. The van der Waals surface area contributed by atoms with Gasteiger partial charge in [-0.1, -0.05) is 6.92 Å². The summed E-state index contributed by atoms with van der Waals surface area (Å²) in [7, 11) is 5.34. The predicted molar refractivity (Wildman–Crippen MR) is 67.0 cm³/mol. The molecule has 0 aromatic heterocycles. The average molecular weight is 290 g/mol. The van der Waals surface area contributed by atoms with E-state index in [1.807, 2.05) is 0 Å². The van der Waals surface area contributed by atoms with Gasteiger partial charge in [0.1, 0.15) is 6.54 Å². The number of hydrogen-bond acceptors (Lipinski definition) is 7. The number of aliphatic carboxylic acids is 1. The highest BCUT2D eigenvalue weighted by Gasteiger charge is 2.34. The maximum absolute atomic E-state index is 11.4. The van der Waals surface area contributed by atoms with Gasteiger partial charge in [0.2, 0.25) is 0 Å². The van der Waals surface area contributed by atoms with Crippen LogP contribution in [-0.4, -0.2) is 68.8 Å². The lowest BCUT2D eigenvalue weighted by Crippen LogP contribution is -2.55. The molecule has 2 atom stereocenters. The van der Waals surface area contributed by atoms with Gasteiger partial charge in [-0.15, -0.1) is 0 Å². The maximum atomic E-state index is 11.4. The van der Waals surface area contributed by atoms with Gasteiger partial charge in [0.15, 0.2) is 12.2 Å². The highest BCUT2D eigenvalue weighted by molar-refractivity contribution is 5.79. The Labute approximate surface area is 118 Å². The number of carboxylic acids is 1. The van der Waals surface area contributed by atoms with Crippen molar-refractivity contribution in [3.63, 3.8) is 0 Å². The molecule has 116 valence electrons. The lowest BCUT2D eigenvalue weighted by Gasteiger charge is -2.33. The molecule has 0 rings (SSSR count). The fourth-order valence-electron chi connectivity index (χ4n) is 1.45. The Morgan fingerprint density at radius 2 is 1.70 bits per heavy atom. The van der Waals surface area contributed by atoms with Crippen molar-refractivity contribution in [3.8, 4) is 0 Å². The molecule has 0 aliphatic carbocycles. The maximum Gasteiger partial charge on any atom is 0.320 e. The Morgan fingerprint density at radius 3 is 2.05 bits per heavy atom. The Morgan fingerprint density at radius 1 is 1.15 bits per heavy atom. The van der Waals surface area contributed by atoms with Gasteiger partial charge >= 0.3 is 11.9 Å². The van der Waals surface area contributed by atoms with Crippen molar-refractivity contribution in [1.29, 1.82) is 0 Å². The largest absolute Gasteiger partial charge is 0.546 e. The number of nitrogens with two attached hydrogens (primary N) is 1. The molecule has 0 fully saturated rings. The lowest BCUT2D eigenvalue weighted by atomic mass is 10.1. The van der Waals surface area contributed by atoms with E-state index >= 15 is 0 Å². The fourth-order valence-corrected chi connectivity index (χ4v) is 1.45. The number of rotatable bonds is 8. The average Bonchev–Trinajstić information content (AvgIpc) is 2.32. The highest BCUT2D eigenvalue weighted by Crippen LogP contribution is 2.10. The molecular weight excluding hydrogens is 268 g/mol. The van der Waals surface area contributed by atoms with Crippen molar-refractivity contribution in [2.45, 2.75) is 25.6 Å². The van der Waals surface area contributed by atoms with Crippen molar-refractivity contribution in [2.75, 3.05) is 34.2 Å². The van der Waals surface area contributed by atoms with Crippen LogP contribution in [0.15, 0.2) is 0 Å². The number of nitrogens with zero attached hydrogens (tertiary/aromatic N) is 1. The minimum atomic E-state index is -1.68. The van der Waals surface area contributed by atoms with Crippen LogP contribution in [0.25, 0.3) is 0 Å². The van der Waals surface area contributed by atoms with Crippen LogP contribution < -0.4 is 10.8 Å². The van der Waals surface area contributed by atoms with Gasteiger partial charge in [-0.05, 0) is 0 Å². The third-order valence-electron chi connectivity index (χ3n) is 2.29. The molecule has 2 N–H and O–H groups in total. The third kappa shape index (κ3) is 7.05. The molecule has 2 unspecified atom stereocenters. The molecule has 0 heterocycles. The van der Waals surface area contributed by atoms with Crippen LogP contribution in [0.5, 0.6) is 0 Å². The topological polar surface area (TPSA) is 119 Å². The minimum absolute atomic E-state index is 0.0816. The van der Waals surface area contributed by atoms with E-state index in [-0.39, 0.29) is 13.0 Å². The Kier molecular flexibility index (Phi) is 7.16. The smallest absolute Gasteiger partial charge is 0.320 e. The molecule has 0 aliphatic rings. The molecular formula is C12H22N2O6. The molecule has 0 aromatic carbocycles. The van der Waals surface area contributed by atoms with Crippen molar-refractivity contribution in [2.24, 2.45) is 5.73 Å². The fraction of sp³-hybridized carbons (Fsp3) is 0.750. The Hall–Kier alpha value is -1.67. The van der Waals surface area contributed by atoms with Crippen LogP contribution in [0.4, 0.5) is 0 Å². The normalized spacial score (nSPS) is 14.2. The highest BCUT2D eigenvalue weighted by atomic mass is 16.6. The van der Waals surface area contributed by atoms with E-state index in [0.717, 1.165) is 0 Å². The standard InChI is InChI=1S/C12H22N2O6/c1-5-9(15)19-8(7-14(2,3)4)11(12(17)18)20-10(16)6-13/h8,11H,5-7,13H2,1-4H3. The second-order valence-corrected chi connectivity index (χ2v) is 5.29. The molecule has 20 heavy (non-hydrogen) atoms. The monoisotopic (exact) mass is 290 g/mol. The van der Waals surface area contributed by atoms with Crippen LogP contribution in [0, 0.1) is 0 Å². The second kappa shape index (κ2) is 7.81. The van der Waals surface area contributed by atoms with E-state index in [9.17, 15) is 19.5 Å². The molecule has 8 nitrogen and oxygen atoms in total. The van der Waals surface area contributed by atoms with Crippen molar-refractivity contribution in [1.82, 2.24) is 0 Å². The van der Waals surface area contributed by atoms with E-state index in [2.05, 4.69) is 0 Å². The Balaban J connectivity index is 5.13. The van der Waals surface area contributed by atoms with Gasteiger partial charge in [0.05, 0.1) is 33.7 Å². The van der Waals surface area contributed by atoms with Gasteiger partial charge in [0.25, 0.3) is 0 Å². The van der Waals surface area contributed by atoms with E-state index in [0.29, 0.717) is 4.48 Å². The summed E-state index contributed by atoms with van der Waals surface area (Å²) in [5, 5.41) is 11.1. The molecule has 0 aromatic rings. The zero-order chi connectivity index (χ0) is 15.9. The van der Waals surface area contributed by atoms with Gasteiger partial charge in [-0.3, -0.25) is 9.59 Å². The van der Waals surface area contributed by atoms with Gasteiger partial charge < -0.3 is 29.6 Å². The van der Waals surface area contributed by atoms with Crippen molar-refractivity contribution >= 4 is 17.9 Å². The number of quaternary nitrogens is 1. The van der Waals surface area contributed by atoms with E-state index in [1.165, 1.54) is 0 Å². The second-order valence-electron chi connectivity index (χ2n) is 5.29. The van der Waals surface area contributed by atoms with E-state index in [4.69, 9.17) is 15.2 Å². The van der Waals surface area contributed by atoms with Crippen LogP contribution >= 0.6 is 0 Å². The van der Waals surface area contributed by atoms with Crippen LogP contribution in [0.2, 0.25) is 0 Å². The summed E-state index contributed by atoms with van der Waals surface area (Å²) in [4.78, 5) is 33.7. The minimum Gasteiger partial charge on any atom is -0.546 e. The summed E-state index contributed by atoms with van der Waals surface area (Å²) in [5.74, 6) is -3.12. The summed E-state index contributed by atoms with van der Waals surface area (Å²) < 4.78 is 10.1. The number of likely N-dealkylation sites (N-methyl/N-ethyl adjacent to an activating group) is 1. The first-order valence-electron chi connectivity index (χ1n) is 6.21. The van der Waals surface area contributed by atoms with Crippen molar-refractivity contribution in [3.05, 3.63) is 0 Å². The third-order valence-corrected chi connectivity index (χ3v) is 2.29. The van der Waals surface area contributed by atoms with Crippen LogP contribution in [-0.2, 0) is 23.9 Å². The molecule has 0 radical (unpaired) electrons. The van der Waals surface area contributed by atoms with Crippen LogP contribution in [0.1, 0.15) is 13.3 Å². The molecule has 0 amide bonds. The van der Waals surface area contributed by atoms with Gasteiger partial charge in [0, 0.05) is 6.42 Å². The number of carbonyl (C=O) groups excluding carboxylic acids is 3. The summed E-state index contributed by atoms with van der Waals surface area (Å²) in [6.07, 6.45) is -2.74. The number of carboxylic acid groups (broad SMARTS) is 1. The Bertz CT molecular complexity index is 363. The van der Waals surface area contributed by atoms with Gasteiger partial charge in [-0.2, -0.15) is 0 Å². The molecule has 0 saturated carbocycles. The molecule has 0 aliphatic heterocycles. The zero-order valence-electron chi connectivity index (χ0n) is 12.3. The quantitative estimate of drug-likeness (QED) is 0.392. The lowest BCUT2D eigenvalue weighted by molar-refractivity contribution is -0.873. The van der Waals surface area contributed by atoms with E-state index in [1.54, 1.807) is 28.1 Å². The number of esters is 2. The van der Waals surface area contributed by atoms with Crippen LogP contribution in [0.3, 0.4) is 0 Å². The summed E-state index contributed by atoms with van der Waals surface area (Å²) >= 11 is 0. The first-order valence-corrected chi connectivity index (χ1v) is 6.21. The molecule has 8 heteroatoms. The summed E-state index contributed by atoms with van der Waals surface area (Å²) in [6, 6.07) is 0. The van der Waals surface area contributed by atoms with Gasteiger partial charge in [-0.25, -0.2) is 0 Å². The molecule has 0 saturated heterocycles. The summed E-state index contributed by atoms with van der Waals surface area (Å²) in [5.41, 5.74) is 5.08. The zero-order valence-corrected chi connectivity index (χ0v) is 12.3. The number of carbonyl (C=O) groups is 3. The predicted octanol–water partition coefficient (Wildman–Crippen LogP) is -2.37. The first-order chi connectivity index (χ1) is 9.10. The molecule has 0 bridgehead atoms. The first kappa shape index (κ1) is 18.3. The number of hydrogen-bond donors (Lipinski definition) is 1. The number of ether oxygens (including phenoxy) is 2. The van der Waals surface area contributed by atoms with Crippen molar-refractivity contribution < 1.29 is 33.4 Å². The molecule has 0 spiro atoms. The van der Waals surface area contributed by atoms with E-state index < -0.39 is 36.7 Å².